The third kappa shape index (κ3) is 3.11. The van der Waals surface area contributed by atoms with Crippen LogP contribution in [-0.2, 0) is 24.3 Å². The standard InChI is InChI=1S/C12H20BrN3O2/c1-5-9-11(13)10(16(6-2)14-9)7-15(4)8(3)12(17)18/h8H,5-7H2,1-4H3,(H,17,18). The molecule has 18 heavy (non-hydrogen) atoms. The molecule has 102 valence electrons. The first kappa shape index (κ1) is 15.2. The van der Waals surface area contributed by atoms with Gasteiger partial charge in [0, 0.05) is 13.1 Å². The highest BCUT2D eigenvalue weighted by molar-refractivity contribution is 9.10. The zero-order valence-corrected chi connectivity index (χ0v) is 12.9. The third-order valence-electron chi connectivity index (χ3n) is 3.11. The van der Waals surface area contributed by atoms with Crippen molar-refractivity contribution in [1.29, 1.82) is 0 Å². The van der Waals surface area contributed by atoms with Gasteiger partial charge in [0.25, 0.3) is 0 Å². The van der Waals surface area contributed by atoms with E-state index in [4.69, 9.17) is 5.11 Å². The van der Waals surface area contributed by atoms with E-state index in [1.54, 1.807) is 11.8 Å². The Morgan fingerprint density at radius 1 is 1.56 bits per heavy atom. The minimum atomic E-state index is -0.813. The van der Waals surface area contributed by atoms with E-state index < -0.39 is 12.0 Å². The number of nitrogens with zero attached hydrogens (tertiary/aromatic N) is 3. The quantitative estimate of drug-likeness (QED) is 0.873. The van der Waals surface area contributed by atoms with E-state index in [0.717, 1.165) is 28.8 Å². The summed E-state index contributed by atoms with van der Waals surface area (Å²) in [5, 5.41) is 13.5. The normalized spacial score (nSPS) is 13.0. The van der Waals surface area contributed by atoms with Crippen LogP contribution in [0.5, 0.6) is 0 Å². The van der Waals surface area contributed by atoms with Gasteiger partial charge in [-0.05, 0) is 43.2 Å². The Bertz CT molecular complexity index is 431. The van der Waals surface area contributed by atoms with Gasteiger partial charge in [-0.2, -0.15) is 5.10 Å². The van der Waals surface area contributed by atoms with Crippen molar-refractivity contribution >= 4 is 21.9 Å². The minimum Gasteiger partial charge on any atom is -0.480 e. The Morgan fingerprint density at radius 2 is 2.17 bits per heavy atom. The maximum absolute atomic E-state index is 11.0. The number of aromatic nitrogens is 2. The lowest BCUT2D eigenvalue weighted by Gasteiger charge is -2.21. The van der Waals surface area contributed by atoms with Gasteiger partial charge in [-0.15, -0.1) is 0 Å². The summed E-state index contributed by atoms with van der Waals surface area (Å²) in [6.07, 6.45) is 0.860. The second kappa shape index (κ2) is 6.33. The van der Waals surface area contributed by atoms with Gasteiger partial charge in [-0.3, -0.25) is 14.4 Å². The molecule has 0 bridgehead atoms. The van der Waals surface area contributed by atoms with Crippen molar-refractivity contribution in [2.45, 2.75) is 46.3 Å². The Hall–Kier alpha value is -0.880. The second-order valence-electron chi connectivity index (χ2n) is 4.31. The fourth-order valence-corrected chi connectivity index (χ4v) is 2.42. The summed E-state index contributed by atoms with van der Waals surface area (Å²) in [5.41, 5.74) is 2.05. The molecule has 0 aliphatic rings. The van der Waals surface area contributed by atoms with Crippen LogP contribution < -0.4 is 0 Å². The van der Waals surface area contributed by atoms with E-state index in [-0.39, 0.29) is 0 Å². The number of carbonyl (C=O) groups is 1. The van der Waals surface area contributed by atoms with Crippen LogP contribution in [0.1, 0.15) is 32.2 Å². The van der Waals surface area contributed by atoms with E-state index >= 15 is 0 Å². The molecular weight excluding hydrogens is 298 g/mol. The van der Waals surface area contributed by atoms with Gasteiger partial charge in [0.2, 0.25) is 0 Å². The van der Waals surface area contributed by atoms with Gasteiger partial charge in [0.1, 0.15) is 6.04 Å². The number of likely N-dealkylation sites (N-methyl/N-ethyl adjacent to an activating group) is 1. The average Bonchev–Trinajstić information content (AvgIpc) is 2.65. The molecule has 1 unspecified atom stereocenters. The van der Waals surface area contributed by atoms with Crippen molar-refractivity contribution in [3.63, 3.8) is 0 Å². The number of halogens is 1. The van der Waals surface area contributed by atoms with Gasteiger partial charge < -0.3 is 5.11 Å². The molecule has 1 heterocycles. The van der Waals surface area contributed by atoms with Crippen molar-refractivity contribution < 1.29 is 9.90 Å². The Kier molecular flexibility index (Phi) is 5.34. The number of aryl methyl sites for hydroxylation is 2. The number of hydrogen-bond donors (Lipinski definition) is 1. The van der Waals surface area contributed by atoms with Crippen molar-refractivity contribution in [2.75, 3.05) is 7.05 Å². The van der Waals surface area contributed by atoms with E-state index in [1.165, 1.54) is 0 Å². The molecule has 0 saturated carbocycles. The monoisotopic (exact) mass is 317 g/mol. The van der Waals surface area contributed by atoms with Crippen LogP contribution in [-0.4, -0.2) is 38.8 Å². The lowest BCUT2D eigenvalue weighted by atomic mass is 10.2. The van der Waals surface area contributed by atoms with Crippen molar-refractivity contribution in [3.05, 3.63) is 15.9 Å². The molecular formula is C12H20BrN3O2. The molecule has 0 aliphatic carbocycles. The summed E-state index contributed by atoms with van der Waals surface area (Å²) in [7, 11) is 1.81. The van der Waals surface area contributed by atoms with Crippen LogP contribution in [0.4, 0.5) is 0 Å². The molecule has 0 saturated heterocycles. The molecule has 0 aliphatic heterocycles. The van der Waals surface area contributed by atoms with Gasteiger partial charge in [0.15, 0.2) is 0 Å². The minimum absolute atomic E-state index is 0.512. The van der Waals surface area contributed by atoms with Crippen LogP contribution in [0.25, 0.3) is 0 Å². The molecule has 1 rings (SSSR count). The van der Waals surface area contributed by atoms with Crippen molar-refractivity contribution in [2.24, 2.45) is 0 Å². The summed E-state index contributed by atoms with van der Waals surface area (Å²) in [6, 6.07) is -0.512. The highest BCUT2D eigenvalue weighted by atomic mass is 79.9. The first-order valence-electron chi connectivity index (χ1n) is 6.09. The molecule has 0 amide bonds. The fourth-order valence-electron chi connectivity index (χ4n) is 1.73. The molecule has 0 radical (unpaired) electrons. The predicted octanol–water partition coefficient (Wildman–Crippen LogP) is 2.13. The van der Waals surface area contributed by atoms with E-state index in [1.807, 2.05) is 18.7 Å². The zero-order valence-electron chi connectivity index (χ0n) is 11.3. The van der Waals surface area contributed by atoms with E-state index in [2.05, 4.69) is 28.0 Å². The highest BCUT2D eigenvalue weighted by Crippen LogP contribution is 2.23. The summed E-state index contributed by atoms with van der Waals surface area (Å²) >= 11 is 3.56. The van der Waals surface area contributed by atoms with E-state index in [9.17, 15) is 4.79 Å². The van der Waals surface area contributed by atoms with Gasteiger partial charge in [-0.25, -0.2) is 0 Å². The number of rotatable bonds is 6. The maximum Gasteiger partial charge on any atom is 0.320 e. The van der Waals surface area contributed by atoms with Crippen LogP contribution >= 0.6 is 15.9 Å². The summed E-state index contributed by atoms with van der Waals surface area (Å²) in [6.45, 7) is 7.12. The number of carboxylic acids is 1. The second-order valence-corrected chi connectivity index (χ2v) is 5.10. The first-order chi connectivity index (χ1) is 8.42. The van der Waals surface area contributed by atoms with Crippen LogP contribution in [0.3, 0.4) is 0 Å². The Labute approximate surface area is 116 Å². The largest absolute Gasteiger partial charge is 0.480 e. The molecule has 1 N–H and O–H groups in total. The summed E-state index contributed by atoms with van der Waals surface area (Å²) < 4.78 is 2.92. The van der Waals surface area contributed by atoms with Crippen LogP contribution in [0, 0.1) is 0 Å². The zero-order chi connectivity index (χ0) is 13.9. The Morgan fingerprint density at radius 3 is 2.61 bits per heavy atom. The predicted molar refractivity (Wildman–Crippen MR) is 73.5 cm³/mol. The SMILES string of the molecule is CCc1nn(CC)c(CN(C)C(C)C(=O)O)c1Br. The Balaban J connectivity index is 2.96. The molecule has 5 nitrogen and oxygen atoms in total. The van der Waals surface area contributed by atoms with Crippen LogP contribution in [0.2, 0.25) is 0 Å². The molecule has 1 aromatic rings. The van der Waals surface area contributed by atoms with Gasteiger partial charge >= 0.3 is 5.97 Å². The summed E-state index contributed by atoms with van der Waals surface area (Å²) in [4.78, 5) is 12.8. The molecule has 0 aromatic carbocycles. The topological polar surface area (TPSA) is 58.4 Å². The van der Waals surface area contributed by atoms with E-state index in [0.29, 0.717) is 6.54 Å². The number of aliphatic carboxylic acids is 1. The number of hydrogen-bond acceptors (Lipinski definition) is 3. The van der Waals surface area contributed by atoms with Crippen molar-refractivity contribution in [3.8, 4) is 0 Å². The maximum atomic E-state index is 11.0. The van der Waals surface area contributed by atoms with Crippen molar-refractivity contribution in [1.82, 2.24) is 14.7 Å². The highest BCUT2D eigenvalue weighted by Gasteiger charge is 2.21. The number of carboxylic acid groups (broad SMARTS) is 1. The summed E-state index contributed by atoms with van der Waals surface area (Å²) in [5.74, 6) is -0.813. The third-order valence-corrected chi connectivity index (χ3v) is 4.03. The molecule has 1 atom stereocenters. The van der Waals surface area contributed by atoms with Gasteiger partial charge in [0.05, 0.1) is 15.9 Å². The molecule has 0 fully saturated rings. The fraction of sp³-hybridized carbons (Fsp3) is 0.667. The molecule has 6 heteroatoms. The van der Waals surface area contributed by atoms with Crippen LogP contribution in [0.15, 0.2) is 4.47 Å². The smallest absolute Gasteiger partial charge is 0.320 e. The first-order valence-corrected chi connectivity index (χ1v) is 6.88. The molecule has 1 aromatic heterocycles. The lowest BCUT2D eigenvalue weighted by molar-refractivity contribution is -0.142. The molecule has 0 spiro atoms. The van der Waals surface area contributed by atoms with Gasteiger partial charge in [-0.1, -0.05) is 6.92 Å². The lowest BCUT2D eigenvalue weighted by Crippen LogP contribution is -2.35. The average molecular weight is 318 g/mol.